The normalized spacial score (nSPS) is 19.3. The largest absolute Gasteiger partial charge is 0.497 e. The number of aryl methyl sites for hydroxylation is 1. The predicted molar refractivity (Wildman–Crippen MR) is 90.0 cm³/mol. The maximum Gasteiger partial charge on any atom is 0.497 e. The van der Waals surface area contributed by atoms with Gasteiger partial charge in [-0.1, -0.05) is 6.07 Å². The molecule has 1 aliphatic heterocycles. The molecule has 6 heteroatoms. The van der Waals surface area contributed by atoms with E-state index in [0.29, 0.717) is 5.56 Å². The van der Waals surface area contributed by atoms with E-state index in [-0.39, 0.29) is 17.2 Å². The molecule has 0 N–H and O–H groups in total. The fraction of sp³-hybridized carbons (Fsp3) is 0.471. The average molecular weight is 315 g/mol. The van der Waals surface area contributed by atoms with Gasteiger partial charge in [0.15, 0.2) is 0 Å². The Morgan fingerprint density at radius 1 is 1.17 bits per heavy atom. The van der Waals surface area contributed by atoms with Crippen LogP contribution in [0.5, 0.6) is 0 Å². The number of carbonyl (C=O) groups excluding carboxylic acids is 1. The molecule has 0 bridgehead atoms. The number of esters is 1. The van der Waals surface area contributed by atoms with Crippen molar-refractivity contribution in [2.75, 3.05) is 7.11 Å². The highest BCUT2D eigenvalue weighted by molar-refractivity contribution is 6.65. The number of methoxy groups -OCH3 is 1. The zero-order chi connectivity index (χ0) is 17.0. The first-order valence-corrected chi connectivity index (χ1v) is 7.69. The summed E-state index contributed by atoms with van der Waals surface area (Å²) in [6.45, 7) is 8.14. The smallest absolute Gasteiger partial charge is 0.465 e. The van der Waals surface area contributed by atoms with Gasteiger partial charge in [0.2, 0.25) is 0 Å². The summed E-state index contributed by atoms with van der Waals surface area (Å²) in [5, 5.41) is 1.01. The molecule has 1 saturated heterocycles. The lowest BCUT2D eigenvalue weighted by Crippen LogP contribution is -2.41. The molecule has 0 unspecified atom stereocenters. The summed E-state index contributed by atoms with van der Waals surface area (Å²) in [6.07, 6.45) is 1.99. The van der Waals surface area contributed by atoms with E-state index in [4.69, 9.17) is 14.0 Å². The van der Waals surface area contributed by atoms with Gasteiger partial charge in [-0.25, -0.2) is 4.79 Å². The minimum absolute atomic E-state index is 0.342. The van der Waals surface area contributed by atoms with Crippen LogP contribution in [0.15, 0.2) is 24.4 Å². The van der Waals surface area contributed by atoms with Crippen LogP contribution in [0.4, 0.5) is 0 Å². The number of benzene rings is 1. The van der Waals surface area contributed by atoms with E-state index in [1.54, 1.807) is 6.07 Å². The summed E-state index contributed by atoms with van der Waals surface area (Å²) in [6, 6.07) is 5.51. The minimum atomic E-state index is -0.423. The highest BCUT2D eigenvalue weighted by Gasteiger charge is 2.52. The van der Waals surface area contributed by atoms with E-state index in [2.05, 4.69) is 0 Å². The molecular weight excluding hydrogens is 293 g/mol. The first-order valence-electron chi connectivity index (χ1n) is 7.69. The van der Waals surface area contributed by atoms with Gasteiger partial charge in [-0.3, -0.25) is 0 Å². The predicted octanol–water partition coefficient (Wildman–Crippen LogP) is 2.26. The second-order valence-corrected chi connectivity index (χ2v) is 7.01. The summed E-state index contributed by atoms with van der Waals surface area (Å²) in [4.78, 5) is 11.7. The van der Waals surface area contributed by atoms with Crippen molar-refractivity contribution >= 4 is 29.5 Å². The lowest BCUT2D eigenvalue weighted by Gasteiger charge is -2.32. The first kappa shape index (κ1) is 16.1. The maximum atomic E-state index is 11.7. The minimum Gasteiger partial charge on any atom is -0.465 e. The average Bonchev–Trinajstić information content (AvgIpc) is 2.92. The monoisotopic (exact) mass is 315 g/mol. The topological polar surface area (TPSA) is 49.7 Å². The van der Waals surface area contributed by atoms with E-state index in [0.717, 1.165) is 16.4 Å². The van der Waals surface area contributed by atoms with Gasteiger partial charge in [-0.15, -0.1) is 0 Å². The van der Waals surface area contributed by atoms with Crippen LogP contribution in [0.25, 0.3) is 10.9 Å². The molecule has 0 saturated carbocycles. The Hall–Kier alpha value is -1.79. The molecule has 0 aliphatic carbocycles. The van der Waals surface area contributed by atoms with Gasteiger partial charge in [-0.05, 0) is 45.2 Å². The highest BCUT2D eigenvalue weighted by Crippen LogP contribution is 2.37. The van der Waals surface area contributed by atoms with E-state index in [1.807, 2.05) is 57.6 Å². The van der Waals surface area contributed by atoms with Crippen LogP contribution in [0, 0.1) is 0 Å². The lowest BCUT2D eigenvalue weighted by molar-refractivity contribution is 0.00578. The number of rotatable bonds is 2. The van der Waals surface area contributed by atoms with Crippen molar-refractivity contribution in [1.82, 2.24) is 4.57 Å². The molecule has 2 aromatic rings. The molecule has 5 nitrogen and oxygen atoms in total. The van der Waals surface area contributed by atoms with E-state index < -0.39 is 7.12 Å². The Labute approximate surface area is 136 Å². The van der Waals surface area contributed by atoms with Gasteiger partial charge in [0.05, 0.1) is 23.9 Å². The van der Waals surface area contributed by atoms with Crippen molar-refractivity contribution in [2.45, 2.75) is 38.9 Å². The molecule has 1 aromatic carbocycles. The van der Waals surface area contributed by atoms with Gasteiger partial charge in [-0.2, -0.15) is 0 Å². The second kappa shape index (κ2) is 5.11. The van der Waals surface area contributed by atoms with Crippen molar-refractivity contribution in [3.05, 3.63) is 30.0 Å². The van der Waals surface area contributed by atoms with Crippen molar-refractivity contribution in [3.63, 3.8) is 0 Å². The highest BCUT2D eigenvalue weighted by atomic mass is 16.7. The molecule has 3 rings (SSSR count). The third-order valence-corrected chi connectivity index (χ3v) is 4.95. The number of carbonyl (C=O) groups is 1. The molecule has 2 heterocycles. The lowest BCUT2D eigenvalue weighted by atomic mass is 9.79. The molecule has 122 valence electrons. The Morgan fingerprint density at radius 2 is 1.78 bits per heavy atom. The maximum absolute atomic E-state index is 11.7. The molecule has 23 heavy (non-hydrogen) atoms. The van der Waals surface area contributed by atoms with E-state index in [9.17, 15) is 4.79 Å². The summed E-state index contributed by atoms with van der Waals surface area (Å²) < 4.78 is 19.0. The number of hydrogen-bond donors (Lipinski definition) is 0. The van der Waals surface area contributed by atoms with Gasteiger partial charge < -0.3 is 18.6 Å². The van der Waals surface area contributed by atoms with E-state index >= 15 is 0 Å². The van der Waals surface area contributed by atoms with Gasteiger partial charge in [0, 0.05) is 24.2 Å². The Bertz CT molecular complexity index is 762. The molecule has 0 amide bonds. The molecule has 1 aromatic heterocycles. The Kier molecular flexibility index (Phi) is 3.57. The quantitative estimate of drug-likeness (QED) is 0.630. The van der Waals surface area contributed by atoms with Crippen molar-refractivity contribution in [2.24, 2.45) is 7.05 Å². The van der Waals surface area contributed by atoms with Gasteiger partial charge >= 0.3 is 13.1 Å². The summed E-state index contributed by atoms with van der Waals surface area (Å²) in [5.41, 5.74) is 1.68. The Morgan fingerprint density at radius 3 is 2.35 bits per heavy atom. The van der Waals surface area contributed by atoms with Crippen LogP contribution in [0.3, 0.4) is 0 Å². The molecule has 0 atom stereocenters. The van der Waals surface area contributed by atoms with Crippen LogP contribution in [0.1, 0.15) is 38.1 Å². The summed E-state index contributed by atoms with van der Waals surface area (Å²) >= 11 is 0. The van der Waals surface area contributed by atoms with Crippen LogP contribution < -0.4 is 5.46 Å². The van der Waals surface area contributed by atoms with Crippen LogP contribution in [-0.4, -0.2) is 36.0 Å². The van der Waals surface area contributed by atoms with Crippen molar-refractivity contribution in [1.29, 1.82) is 0 Å². The van der Waals surface area contributed by atoms with E-state index in [1.165, 1.54) is 7.11 Å². The van der Waals surface area contributed by atoms with Crippen molar-refractivity contribution in [3.8, 4) is 0 Å². The summed E-state index contributed by atoms with van der Waals surface area (Å²) in [7, 11) is 2.90. The molecule has 1 aliphatic rings. The summed E-state index contributed by atoms with van der Waals surface area (Å²) in [5.74, 6) is -0.342. The molecule has 0 radical (unpaired) electrons. The van der Waals surface area contributed by atoms with Gasteiger partial charge in [0.25, 0.3) is 0 Å². The SMILES string of the molecule is COC(=O)c1ccc2c(B3OC(C)(C)C(C)(C)O3)cn(C)c2c1. The van der Waals surface area contributed by atoms with Crippen LogP contribution in [-0.2, 0) is 21.1 Å². The number of ether oxygens (including phenoxy) is 1. The van der Waals surface area contributed by atoms with Crippen LogP contribution >= 0.6 is 0 Å². The first-order chi connectivity index (χ1) is 10.7. The number of nitrogens with zero attached hydrogens (tertiary/aromatic N) is 1. The molecule has 0 spiro atoms. The number of fused-ring (bicyclic) bond motifs is 1. The zero-order valence-electron chi connectivity index (χ0n) is 14.5. The third kappa shape index (κ3) is 2.46. The Balaban J connectivity index is 2.05. The van der Waals surface area contributed by atoms with Crippen LogP contribution in [0.2, 0.25) is 0 Å². The number of hydrogen-bond acceptors (Lipinski definition) is 4. The number of aromatic nitrogens is 1. The second-order valence-electron chi connectivity index (χ2n) is 7.01. The zero-order valence-corrected chi connectivity index (χ0v) is 14.5. The molecular formula is C17H22BNO4. The van der Waals surface area contributed by atoms with Crippen molar-refractivity contribution < 1.29 is 18.8 Å². The fourth-order valence-electron chi connectivity index (χ4n) is 2.82. The standard InChI is InChI=1S/C17H22BNO4/c1-16(2)17(3,4)23-18(22-16)13-10-19(5)14-9-11(15(20)21-6)7-8-12(13)14/h7-10H,1-6H3. The molecule has 1 fully saturated rings. The van der Waals surface area contributed by atoms with Gasteiger partial charge in [0.1, 0.15) is 0 Å². The third-order valence-electron chi connectivity index (χ3n) is 4.95. The fourth-order valence-corrected chi connectivity index (χ4v) is 2.82.